The highest BCUT2D eigenvalue weighted by molar-refractivity contribution is 5.72. The molecular weight excluding hydrogens is 208 g/mol. The standard InChI is InChI=1S/C12H24O4/c1-6-15-12(16-7-2)10(8-9(3)4)11(13)14-5/h9-10,12H,6-8H2,1-5H3. The van der Waals surface area contributed by atoms with Crippen molar-refractivity contribution in [2.45, 2.75) is 40.4 Å². The Bertz CT molecular complexity index is 185. The lowest BCUT2D eigenvalue weighted by atomic mass is 9.96. The summed E-state index contributed by atoms with van der Waals surface area (Å²) < 4.78 is 15.7. The molecule has 0 spiro atoms. The van der Waals surface area contributed by atoms with Gasteiger partial charge in [0, 0.05) is 13.2 Å². The van der Waals surface area contributed by atoms with Gasteiger partial charge in [0.05, 0.1) is 7.11 Å². The van der Waals surface area contributed by atoms with Gasteiger partial charge in [-0.2, -0.15) is 0 Å². The first-order valence-corrected chi connectivity index (χ1v) is 5.87. The second-order valence-corrected chi connectivity index (χ2v) is 4.04. The summed E-state index contributed by atoms with van der Waals surface area (Å²) in [5.74, 6) is -0.210. The fraction of sp³-hybridized carbons (Fsp3) is 0.917. The molecule has 0 amide bonds. The predicted octanol–water partition coefficient (Wildman–Crippen LogP) is 2.22. The number of carbonyl (C=O) groups is 1. The Morgan fingerprint density at radius 1 is 1.12 bits per heavy atom. The van der Waals surface area contributed by atoms with Gasteiger partial charge in [-0.05, 0) is 26.2 Å². The molecule has 16 heavy (non-hydrogen) atoms. The van der Waals surface area contributed by atoms with E-state index in [1.807, 2.05) is 13.8 Å². The summed E-state index contributed by atoms with van der Waals surface area (Å²) in [5, 5.41) is 0. The SMILES string of the molecule is CCOC(OCC)C(CC(C)C)C(=O)OC. The normalized spacial score (nSPS) is 13.2. The molecule has 0 fully saturated rings. The Labute approximate surface area is 98.3 Å². The fourth-order valence-corrected chi connectivity index (χ4v) is 1.59. The van der Waals surface area contributed by atoms with Crippen molar-refractivity contribution in [3.8, 4) is 0 Å². The highest BCUT2D eigenvalue weighted by atomic mass is 16.7. The summed E-state index contributed by atoms with van der Waals surface area (Å²) in [6.07, 6.45) is 0.210. The average molecular weight is 232 g/mol. The molecule has 0 aromatic carbocycles. The molecule has 4 heteroatoms. The van der Waals surface area contributed by atoms with Gasteiger partial charge < -0.3 is 14.2 Å². The van der Waals surface area contributed by atoms with Gasteiger partial charge >= 0.3 is 5.97 Å². The van der Waals surface area contributed by atoms with E-state index >= 15 is 0 Å². The van der Waals surface area contributed by atoms with E-state index in [0.29, 0.717) is 25.6 Å². The van der Waals surface area contributed by atoms with E-state index in [9.17, 15) is 4.79 Å². The Kier molecular flexibility index (Phi) is 8.21. The summed E-state index contributed by atoms with van der Waals surface area (Å²) in [6, 6.07) is 0. The molecule has 4 nitrogen and oxygen atoms in total. The minimum atomic E-state index is -0.496. The number of ether oxygens (including phenoxy) is 3. The molecule has 0 aromatic heterocycles. The molecule has 0 saturated heterocycles. The molecule has 1 atom stereocenters. The van der Waals surface area contributed by atoms with Crippen LogP contribution in [0.3, 0.4) is 0 Å². The lowest BCUT2D eigenvalue weighted by molar-refractivity contribution is -0.189. The highest BCUT2D eigenvalue weighted by Crippen LogP contribution is 2.20. The van der Waals surface area contributed by atoms with Gasteiger partial charge in [-0.15, -0.1) is 0 Å². The topological polar surface area (TPSA) is 44.8 Å². The molecule has 0 aliphatic heterocycles. The number of methoxy groups -OCH3 is 1. The molecule has 0 N–H and O–H groups in total. The number of hydrogen-bond acceptors (Lipinski definition) is 4. The zero-order chi connectivity index (χ0) is 12.6. The number of hydrogen-bond donors (Lipinski definition) is 0. The third kappa shape index (κ3) is 5.47. The van der Waals surface area contributed by atoms with Crippen LogP contribution in [-0.2, 0) is 19.0 Å². The molecule has 0 saturated carbocycles. The van der Waals surface area contributed by atoms with Crippen molar-refractivity contribution in [1.29, 1.82) is 0 Å². The maximum atomic E-state index is 11.7. The van der Waals surface area contributed by atoms with Crippen molar-refractivity contribution >= 4 is 5.97 Å². The maximum absolute atomic E-state index is 11.7. The summed E-state index contributed by atoms with van der Waals surface area (Å²) >= 11 is 0. The lowest BCUT2D eigenvalue weighted by Gasteiger charge is -2.25. The molecule has 0 radical (unpaired) electrons. The van der Waals surface area contributed by atoms with Crippen molar-refractivity contribution in [1.82, 2.24) is 0 Å². The van der Waals surface area contributed by atoms with Gasteiger partial charge in [0.2, 0.25) is 0 Å². The minimum Gasteiger partial charge on any atom is -0.469 e. The van der Waals surface area contributed by atoms with Crippen molar-refractivity contribution < 1.29 is 19.0 Å². The molecular formula is C12H24O4. The van der Waals surface area contributed by atoms with Crippen LogP contribution in [0.1, 0.15) is 34.1 Å². The van der Waals surface area contributed by atoms with Crippen LogP contribution >= 0.6 is 0 Å². The van der Waals surface area contributed by atoms with Crippen LogP contribution in [0.25, 0.3) is 0 Å². The second-order valence-electron chi connectivity index (χ2n) is 4.04. The van der Waals surface area contributed by atoms with Crippen LogP contribution < -0.4 is 0 Å². The van der Waals surface area contributed by atoms with E-state index in [4.69, 9.17) is 14.2 Å². The molecule has 0 aliphatic carbocycles. The summed E-state index contributed by atoms with van der Waals surface area (Å²) in [6.45, 7) is 8.94. The van der Waals surface area contributed by atoms with Gasteiger partial charge in [-0.1, -0.05) is 13.8 Å². The van der Waals surface area contributed by atoms with Crippen LogP contribution in [-0.4, -0.2) is 32.6 Å². The molecule has 1 unspecified atom stereocenters. The van der Waals surface area contributed by atoms with Crippen LogP contribution in [0.4, 0.5) is 0 Å². The molecule has 0 bridgehead atoms. The molecule has 0 aliphatic rings. The Morgan fingerprint density at radius 3 is 1.94 bits per heavy atom. The summed E-state index contributed by atoms with van der Waals surface area (Å²) in [7, 11) is 1.39. The van der Waals surface area contributed by atoms with E-state index in [2.05, 4.69) is 13.8 Å². The third-order valence-corrected chi connectivity index (χ3v) is 2.22. The number of esters is 1. The summed E-state index contributed by atoms with van der Waals surface area (Å²) in [4.78, 5) is 11.7. The van der Waals surface area contributed by atoms with Crippen LogP contribution in [0.15, 0.2) is 0 Å². The first kappa shape index (κ1) is 15.4. The van der Waals surface area contributed by atoms with Crippen molar-refractivity contribution in [3.05, 3.63) is 0 Å². The third-order valence-electron chi connectivity index (χ3n) is 2.22. The van der Waals surface area contributed by atoms with E-state index < -0.39 is 6.29 Å². The lowest BCUT2D eigenvalue weighted by Crippen LogP contribution is -2.35. The fourth-order valence-electron chi connectivity index (χ4n) is 1.59. The first-order valence-electron chi connectivity index (χ1n) is 5.87. The van der Waals surface area contributed by atoms with Crippen molar-refractivity contribution in [2.24, 2.45) is 11.8 Å². The molecule has 96 valence electrons. The monoisotopic (exact) mass is 232 g/mol. The molecule has 0 aromatic rings. The largest absolute Gasteiger partial charge is 0.469 e. The molecule has 0 rings (SSSR count). The number of rotatable bonds is 8. The van der Waals surface area contributed by atoms with Crippen LogP contribution in [0, 0.1) is 11.8 Å². The zero-order valence-electron chi connectivity index (χ0n) is 11.0. The Morgan fingerprint density at radius 2 is 1.62 bits per heavy atom. The van der Waals surface area contributed by atoms with Crippen LogP contribution in [0.2, 0.25) is 0 Å². The van der Waals surface area contributed by atoms with Gasteiger partial charge in [-0.25, -0.2) is 0 Å². The van der Waals surface area contributed by atoms with E-state index in [0.717, 1.165) is 0 Å². The van der Waals surface area contributed by atoms with E-state index in [-0.39, 0.29) is 11.9 Å². The highest BCUT2D eigenvalue weighted by Gasteiger charge is 2.30. The van der Waals surface area contributed by atoms with Crippen molar-refractivity contribution in [2.75, 3.05) is 20.3 Å². The van der Waals surface area contributed by atoms with Gasteiger partial charge in [0.1, 0.15) is 5.92 Å². The smallest absolute Gasteiger partial charge is 0.313 e. The van der Waals surface area contributed by atoms with Gasteiger partial charge in [0.15, 0.2) is 6.29 Å². The Balaban J connectivity index is 4.58. The zero-order valence-corrected chi connectivity index (χ0v) is 11.0. The summed E-state index contributed by atoms with van der Waals surface area (Å²) in [5.41, 5.74) is 0. The predicted molar refractivity (Wildman–Crippen MR) is 62.0 cm³/mol. The van der Waals surface area contributed by atoms with Gasteiger partial charge in [0.25, 0.3) is 0 Å². The quantitative estimate of drug-likeness (QED) is 0.475. The van der Waals surface area contributed by atoms with Crippen LogP contribution in [0.5, 0.6) is 0 Å². The second kappa shape index (κ2) is 8.53. The van der Waals surface area contributed by atoms with Gasteiger partial charge in [-0.3, -0.25) is 4.79 Å². The molecule has 0 heterocycles. The average Bonchev–Trinajstić information content (AvgIpc) is 2.24. The minimum absolute atomic E-state index is 0.263. The Hall–Kier alpha value is -0.610. The maximum Gasteiger partial charge on any atom is 0.313 e. The van der Waals surface area contributed by atoms with E-state index in [1.54, 1.807) is 0 Å². The number of carbonyl (C=O) groups excluding carboxylic acids is 1. The van der Waals surface area contributed by atoms with Crippen molar-refractivity contribution in [3.63, 3.8) is 0 Å². The van der Waals surface area contributed by atoms with E-state index in [1.165, 1.54) is 7.11 Å². The first-order chi connectivity index (χ1) is 7.56.